The predicted molar refractivity (Wildman–Crippen MR) is 408 cm³/mol. The van der Waals surface area contributed by atoms with Crippen LogP contribution in [-0.2, 0) is 4.74 Å². The number of halogens is 3. The summed E-state index contributed by atoms with van der Waals surface area (Å²) < 4.78 is 27.5. The highest BCUT2D eigenvalue weighted by Crippen LogP contribution is 2.26. The van der Waals surface area contributed by atoms with Crippen molar-refractivity contribution in [1.82, 2.24) is 14.7 Å². The zero-order chi connectivity index (χ0) is 74.3. The Balaban J connectivity index is 0.000000171. The van der Waals surface area contributed by atoms with E-state index < -0.39 is 26.9 Å². The fourth-order valence-corrected chi connectivity index (χ4v) is 11.5. The molecule has 0 radical (unpaired) electrons. The molecule has 4 atom stereocenters. The lowest BCUT2D eigenvalue weighted by molar-refractivity contribution is -0.385. The first kappa shape index (κ1) is 79.8. The summed E-state index contributed by atoms with van der Waals surface area (Å²) in [7, 11) is 0. The number of nitrogens with two attached hydrogens (primary N) is 2. The molecule has 4 aliphatic rings. The lowest BCUT2D eigenvalue weighted by atomic mass is 10.1. The van der Waals surface area contributed by atoms with Gasteiger partial charge in [0.15, 0.2) is 0 Å². The van der Waals surface area contributed by atoms with Crippen molar-refractivity contribution in [3.05, 3.63) is 240 Å². The average Bonchev–Trinajstić information content (AvgIpc) is 1.09. The molecule has 0 spiro atoms. The van der Waals surface area contributed by atoms with Crippen LogP contribution in [0.15, 0.2) is 194 Å². The van der Waals surface area contributed by atoms with Crippen LogP contribution in [0.2, 0.25) is 15.1 Å². The summed E-state index contributed by atoms with van der Waals surface area (Å²) >= 11 is 17.9. The molecule has 554 valence electrons. The second kappa shape index (κ2) is 41.4. The fourth-order valence-electron chi connectivity index (χ4n) is 11.1. The number of amides is 2. The number of hydrogen-bond donors (Lipinski definition) is 5. The maximum atomic E-state index is 10.8. The van der Waals surface area contributed by atoms with E-state index in [9.17, 15) is 40.2 Å². The van der Waals surface area contributed by atoms with Crippen LogP contribution >= 0.6 is 34.8 Å². The summed E-state index contributed by atoms with van der Waals surface area (Å²) in [6.45, 7) is 21.6. The predicted octanol–water partition coefficient (Wildman–Crippen LogP) is 12.9. The first-order chi connectivity index (χ1) is 50.0. The summed E-state index contributed by atoms with van der Waals surface area (Å²) in [4.78, 5) is 54.8. The number of hydrogen-bond acceptors (Lipinski definition) is 21. The molecule has 8 aromatic rings. The molecule has 26 nitrogen and oxygen atoms in total. The number of aromatic hydroxyl groups is 1. The molecule has 7 N–H and O–H groups in total. The van der Waals surface area contributed by atoms with Crippen LogP contribution in [0.4, 0.5) is 50.3 Å². The number of nitro benzene ring substituents is 3. The number of phenolic OH excluding ortho intramolecular Hbond substituents is 1. The third-order valence-electron chi connectivity index (χ3n) is 16.8. The highest BCUT2D eigenvalue weighted by atomic mass is 35.5. The molecule has 2 amide bonds. The number of nitro groups is 3. The number of non-ortho nitro benzene ring substituents is 3. The van der Waals surface area contributed by atoms with Gasteiger partial charge in [-0.15, -0.1) is 0 Å². The van der Waals surface area contributed by atoms with Crippen LogP contribution in [0.3, 0.4) is 0 Å². The number of piperazine rings is 3. The monoisotopic (exact) mass is 1490 g/mol. The Bertz CT molecular complexity index is 3880. The molecule has 4 saturated heterocycles. The van der Waals surface area contributed by atoms with Crippen LogP contribution in [0.5, 0.6) is 28.7 Å². The zero-order valence-corrected chi connectivity index (χ0v) is 60.3. The molecule has 4 heterocycles. The van der Waals surface area contributed by atoms with Crippen molar-refractivity contribution in [3.8, 4) is 28.7 Å². The van der Waals surface area contributed by atoms with Gasteiger partial charge in [0.05, 0.1) is 34.6 Å². The average molecular weight is 1490 g/mol. The fraction of sp³-hybridized carbons (Fsp3) is 0.347. The van der Waals surface area contributed by atoms with Crippen LogP contribution in [0.25, 0.3) is 0 Å². The number of urea groups is 1. The number of ether oxygens (including phenoxy) is 5. The van der Waals surface area contributed by atoms with Crippen LogP contribution in [0, 0.1) is 42.2 Å². The number of primary amides is 1. The number of aliphatic hydroxyl groups excluding tert-OH is 1. The van der Waals surface area contributed by atoms with Crippen molar-refractivity contribution in [3.63, 3.8) is 0 Å². The number of aliphatic hydroxyl groups is 1. The Kier molecular flexibility index (Phi) is 31.8. The van der Waals surface area contributed by atoms with Crippen molar-refractivity contribution < 1.29 is 53.5 Å². The van der Waals surface area contributed by atoms with Crippen molar-refractivity contribution in [2.75, 3.05) is 157 Å². The van der Waals surface area contributed by atoms with Gasteiger partial charge in [-0.1, -0.05) is 48.7 Å². The van der Waals surface area contributed by atoms with Gasteiger partial charge in [-0.3, -0.25) is 45.0 Å². The van der Waals surface area contributed by atoms with Crippen LogP contribution in [0.1, 0.15) is 13.8 Å². The zero-order valence-electron chi connectivity index (χ0n) is 58.0. The Morgan fingerprint density at radius 3 is 1.12 bits per heavy atom. The third-order valence-corrected chi connectivity index (χ3v) is 17.6. The Morgan fingerprint density at radius 1 is 0.481 bits per heavy atom. The number of rotatable bonds is 25. The Labute approximate surface area is 620 Å². The summed E-state index contributed by atoms with van der Waals surface area (Å²) in [5, 5.41) is 54.8. The second-order valence-corrected chi connectivity index (χ2v) is 26.5. The first-order valence-electron chi connectivity index (χ1n) is 34.0. The van der Waals surface area contributed by atoms with Gasteiger partial charge in [-0.25, -0.2) is 4.79 Å². The number of nitrogens with one attached hydrogen (secondary N) is 1. The number of nitrogen functional groups attached to an aromatic ring is 1. The standard InChI is InChI=1S/C20H25ClN4O3.C20H24ClN3O3.C20H26ClN3O.C9H9NO4.C6H5NO3/c21-15-1-5-17(6-2-15)25-11-9-24(10-12-25)13-18(26)14-28-19-7-3-16(4-8-19)23-20(22)27;1-16(15-27-20-8-6-19(7-9-20)24(25)26)14-22-10-12-23(13-11-22)18-4-2-17(21)3-5-18;1-16(15-25-20-8-4-18(22)5-9-20)14-23-10-12-24(13-11-23)19-6-2-17(21)3-7-19;11-10(12)7-1-3-8(4-2-7)13-5-9-6-14-9;8-6-3-1-5(2-4-6)7(9)10/h1-8,18,26H,9-14H2,(H3,22,23,27);2-9,16H,10-15H2,1H3;2-9,16H,10-15,22H2,1H3;1-4,9H,5-6H2;1-4,8H/t;;;9-;/m...1./s1. The van der Waals surface area contributed by atoms with E-state index in [4.69, 9.17) is 75.1 Å². The molecular formula is C75H89Cl3N12O14. The smallest absolute Gasteiger partial charge is 0.316 e. The van der Waals surface area contributed by atoms with Crippen molar-refractivity contribution in [2.45, 2.75) is 26.1 Å². The summed E-state index contributed by atoms with van der Waals surface area (Å²) in [5.74, 6) is 3.70. The number of carbonyl (C=O) groups excluding carboxylic acids is 1. The SMILES string of the molecule is CC(COc1ccc(N)cc1)CN1CCN(c2ccc(Cl)cc2)CC1.CC(COc1ccc([N+](=O)[O-])cc1)CN1CCN(c2ccc(Cl)cc2)CC1.NC(=O)Nc1ccc(OCC(O)CN2CCN(c3ccc(Cl)cc3)CC2)cc1.O=[N+]([O-])c1ccc(O)cc1.O=[N+]([O-])c1ccc(OC[C@@H]2CO2)cc1. The van der Waals surface area contributed by atoms with E-state index >= 15 is 0 Å². The van der Waals surface area contributed by atoms with Crippen molar-refractivity contribution >= 4 is 86.3 Å². The molecule has 8 aromatic carbocycles. The highest BCUT2D eigenvalue weighted by Gasteiger charge is 2.25. The molecule has 0 saturated carbocycles. The van der Waals surface area contributed by atoms with Gasteiger partial charge < -0.3 is 65.4 Å². The van der Waals surface area contributed by atoms with Gasteiger partial charge in [0.2, 0.25) is 0 Å². The van der Waals surface area contributed by atoms with Gasteiger partial charge in [0, 0.05) is 190 Å². The minimum Gasteiger partial charge on any atom is -0.508 e. The van der Waals surface area contributed by atoms with E-state index in [2.05, 4.69) is 72.8 Å². The van der Waals surface area contributed by atoms with Crippen LogP contribution in [-0.4, -0.2) is 189 Å². The molecule has 4 fully saturated rings. The van der Waals surface area contributed by atoms with E-state index in [1.54, 1.807) is 48.5 Å². The van der Waals surface area contributed by atoms with E-state index in [1.165, 1.54) is 65.6 Å². The quantitative estimate of drug-likeness (QED) is 0.0154. The van der Waals surface area contributed by atoms with Gasteiger partial charge in [-0.05, 0) is 158 Å². The minimum atomic E-state index is -0.611. The first-order valence-corrected chi connectivity index (χ1v) is 35.1. The second-order valence-electron chi connectivity index (χ2n) is 25.2. The number of epoxide rings is 1. The van der Waals surface area contributed by atoms with E-state index in [1.807, 2.05) is 72.8 Å². The molecule has 3 unspecified atom stereocenters. The van der Waals surface area contributed by atoms with Gasteiger partial charge in [0.25, 0.3) is 17.1 Å². The molecular weight excluding hydrogens is 1400 g/mol. The maximum Gasteiger partial charge on any atom is 0.316 e. The molecule has 0 aliphatic carbocycles. The molecule has 104 heavy (non-hydrogen) atoms. The van der Waals surface area contributed by atoms with Gasteiger partial charge in [0.1, 0.15) is 54.2 Å². The number of carbonyl (C=O) groups is 1. The summed E-state index contributed by atoms with van der Waals surface area (Å²) in [5.41, 5.74) is 15.9. The molecule has 4 aliphatic heterocycles. The van der Waals surface area contributed by atoms with Crippen molar-refractivity contribution in [1.29, 1.82) is 0 Å². The number of phenols is 1. The number of benzene rings is 8. The normalized spacial score (nSPS) is 15.9. The number of anilines is 5. The number of nitrogens with zero attached hydrogens (tertiary/aromatic N) is 9. The van der Waals surface area contributed by atoms with Crippen molar-refractivity contribution in [2.24, 2.45) is 17.6 Å². The lowest BCUT2D eigenvalue weighted by Gasteiger charge is -2.37. The molecule has 12 rings (SSSR count). The summed E-state index contributed by atoms with van der Waals surface area (Å²) in [6.07, 6.45) is -0.379. The van der Waals surface area contributed by atoms with E-state index in [-0.39, 0.29) is 35.5 Å². The third kappa shape index (κ3) is 28.7. The Morgan fingerprint density at radius 2 is 0.788 bits per heavy atom. The maximum absolute atomic E-state index is 10.8. The highest BCUT2D eigenvalue weighted by molar-refractivity contribution is 6.31. The van der Waals surface area contributed by atoms with E-state index in [0.717, 1.165) is 131 Å². The van der Waals surface area contributed by atoms with Gasteiger partial charge >= 0.3 is 6.03 Å². The molecule has 0 bridgehead atoms. The number of β-amino-alcohol motifs (C(OH)–C–C–N with tert-alkyl or cyclic N) is 1. The molecule has 29 heteroatoms. The van der Waals surface area contributed by atoms with Gasteiger partial charge in [-0.2, -0.15) is 0 Å². The summed E-state index contributed by atoms with van der Waals surface area (Å²) in [6, 6.07) is 55.1. The Hall–Kier alpha value is -9.90. The lowest BCUT2D eigenvalue weighted by Crippen LogP contribution is -2.49. The van der Waals surface area contributed by atoms with E-state index in [0.29, 0.717) is 54.5 Å². The van der Waals surface area contributed by atoms with Crippen LogP contribution < -0.4 is 50.4 Å². The largest absolute Gasteiger partial charge is 0.508 e. The topological polar surface area (TPSA) is 320 Å². The molecule has 0 aromatic heterocycles. The minimum absolute atomic E-state index is 0.0159.